The first kappa shape index (κ1) is 11.8. The third-order valence-electron chi connectivity index (χ3n) is 3.75. The van der Waals surface area contributed by atoms with Crippen molar-refractivity contribution in [1.29, 1.82) is 0 Å². The largest absolute Gasteiger partial charge is 0.506 e. The number of Topliss-reactive ketones (excluding diaryl/α,β-unsaturated/α-hetero) is 1. The molecule has 0 spiro atoms. The number of nitrogens with zero attached hydrogens (tertiary/aromatic N) is 1. The van der Waals surface area contributed by atoms with Gasteiger partial charge in [-0.25, -0.2) is 4.99 Å². The topological polar surface area (TPSA) is 66.7 Å². The monoisotopic (exact) mass is 275 g/mol. The lowest BCUT2D eigenvalue weighted by atomic mass is 9.98. The van der Waals surface area contributed by atoms with E-state index in [0.717, 1.165) is 0 Å². The number of aliphatic hydroxyl groups is 1. The van der Waals surface area contributed by atoms with Crippen molar-refractivity contribution < 1.29 is 14.7 Å². The number of benzene rings is 2. The molecule has 1 aliphatic carbocycles. The van der Waals surface area contributed by atoms with Crippen LogP contribution in [0.5, 0.6) is 0 Å². The molecule has 100 valence electrons. The average Bonchev–Trinajstić information content (AvgIpc) is 2.96. The number of fused-ring (bicyclic) bond motifs is 2. The second-order valence-corrected chi connectivity index (χ2v) is 4.91. The summed E-state index contributed by atoms with van der Waals surface area (Å²) in [5.41, 5.74) is 2.33. The van der Waals surface area contributed by atoms with Crippen LogP contribution >= 0.6 is 0 Å². The van der Waals surface area contributed by atoms with Gasteiger partial charge in [0.2, 0.25) is 0 Å². The lowest BCUT2D eigenvalue weighted by Gasteiger charge is -2.03. The number of aliphatic imine (C=N–C) groups is 1. The fourth-order valence-electron chi connectivity index (χ4n) is 2.77. The first-order valence-electron chi connectivity index (χ1n) is 6.48. The van der Waals surface area contributed by atoms with Crippen molar-refractivity contribution in [2.75, 3.05) is 0 Å². The van der Waals surface area contributed by atoms with Crippen LogP contribution in [0.4, 0.5) is 0 Å². The molecule has 0 saturated carbocycles. The van der Waals surface area contributed by atoms with Gasteiger partial charge in [0, 0.05) is 16.7 Å². The summed E-state index contributed by atoms with van der Waals surface area (Å²) in [6, 6.07) is 13.7. The number of carbonyl (C=O) groups excluding carboxylic acids is 2. The number of hydrogen-bond donors (Lipinski definition) is 1. The third-order valence-corrected chi connectivity index (χ3v) is 3.75. The summed E-state index contributed by atoms with van der Waals surface area (Å²) in [6.45, 7) is 0. The summed E-state index contributed by atoms with van der Waals surface area (Å²) in [4.78, 5) is 28.4. The molecule has 0 radical (unpaired) electrons. The Balaban J connectivity index is 1.95. The first-order chi connectivity index (χ1) is 10.2. The second kappa shape index (κ2) is 3.99. The van der Waals surface area contributed by atoms with Gasteiger partial charge in [0.05, 0.1) is 16.8 Å². The van der Waals surface area contributed by atoms with Gasteiger partial charge in [-0.15, -0.1) is 0 Å². The molecule has 0 bridgehead atoms. The Morgan fingerprint density at radius 1 is 0.762 bits per heavy atom. The van der Waals surface area contributed by atoms with Gasteiger partial charge in [0.15, 0.2) is 5.78 Å². The summed E-state index contributed by atoms with van der Waals surface area (Å²) in [5.74, 6) is -0.796. The molecule has 1 amide bonds. The predicted octanol–water partition coefficient (Wildman–Crippen LogP) is 2.80. The minimum absolute atomic E-state index is 0.106. The van der Waals surface area contributed by atoms with Gasteiger partial charge in [-0.05, 0) is 6.07 Å². The molecule has 0 atom stereocenters. The minimum Gasteiger partial charge on any atom is -0.506 e. The van der Waals surface area contributed by atoms with Gasteiger partial charge in [0.25, 0.3) is 5.91 Å². The van der Waals surface area contributed by atoms with Gasteiger partial charge >= 0.3 is 0 Å². The van der Waals surface area contributed by atoms with E-state index < -0.39 is 0 Å². The number of aliphatic hydroxyl groups excluding tert-OH is 1. The maximum atomic E-state index is 12.5. The lowest BCUT2D eigenvalue weighted by molar-refractivity contribution is 0.101. The number of amides is 1. The van der Waals surface area contributed by atoms with Crippen LogP contribution in [0.3, 0.4) is 0 Å². The smallest absolute Gasteiger partial charge is 0.278 e. The van der Waals surface area contributed by atoms with E-state index in [1.165, 1.54) is 0 Å². The standard InChI is InChI=1S/C17H9NO3/c19-15-10-6-2-3-7-11(10)16(20)13(15)14-9-5-1-4-8-12(9)17(21)18-14/h1-8,19H. The highest BCUT2D eigenvalue weighted by molar-refractivity contribution is 6.43. The van der Waals surface area contributed by atoms with E-state index in [-0.39, 0.29) is 28.7 Å². The Bertz CT molecular complexity index is 890. The Morgan fingerprint density at radius 2 is 1.33 bits per heavy atom. The summed E-state index contributed by atoms with van der Waals surface area (Å²) in [7, 11) is 0. The SMILES string of the molecule is O=C1N=C(C2=C(O)c3ccccc3C2=O)c2ccccc21. The molecule has 1 heterocycles. The molecule has 1 aliphatic heterocycles. The molecule has 0 fully saturated rings. The van der Waals surface area contributed by atoms with E-state index in [4.69, 9.17) is 0 Å². The molecular weight excluding hydrogens is 266 g/mol. The van der Waals surface area contributed by atoms with Crippen LogP contribution in [-0.2, 0) is 0 Å². The van der Waals surface area contributed by atoms with Crippen molar-refractivity contribution in [1.82, 2.24) is 0 Å². The van der Waals surface area contributed by atoms with Crippen LogP contribution in [0.2, 0.25) is 0 Å². The maximum Gasteiger partial charge on any atom is 0.278 e. The third kappa shape index (κ3) is 1.47. The molecule has 2 aromatic rings. The quantitative estimate of drug-likeness (QED) is 0.870. The normalized spacial score (nSPS) is 16.1. The molecule has 4 heteroatoms. The van der Waals surface area contributed by atoms with Gasteiger partial charge in [-0.2, -0.15) is 0 Å². The van der Waals surface area contributed by atoms with Crippen LogP contribution < -0.4 is 0 Å². The molecule has 21 heavy (non-hydrogen) atoms. The highest BCUT2D eigenvalue weighted by atomic mass is 16.3. The van der Waals surface area contributed by atoms with Crippen LogP contribution in [0.15, 0.2) is 59.1 Å². The zero-order valence-electron chi connectivity index (χ0n) is 10.8. The fraction of sp³-hybridized carbons (Fsp3) is 0. The van der Waals surface area contributed by atoms with Gasteiger partial charge in [0.1, 0.15) is 5.76 Å². The lowest BCUT2D eigenvalue weighted by Crippen LogP contribution is -2.10. The highest BCUT2D eigenvalue weighted by Crippen LogP contribution is 2.35. The Morgan fingerprint density at radius 3 is 2.00 bits per heavy atom. The van der Waals surface area contributed by atoms with E-state index in [0.29, 0.717) is 22.3 Å². The minimum atomic E-state index is -0.385. The van der Waals surface area contributed by atoms with E-state index >= 15 is 0 Å². The summed E-state index contributed by atoms with van der Waals surface area (Å²) >= 11 is 0. The van der Waals surface area contributed by atoms with E-state index in [2.05, 4.69) is 4.99 Å². The Labute approximate surface area is 120 Å². The summed E-state index contributed by atoms with van der Waals surface area (Å²) in [5, 5.41) is 10.4. The Kier molecular flexibility index (Phi) is 2.24. The van der Waals surface area contributed by atoms with Gasteiger partial charge < -0.3 is 5.11 Å². The maximum absolute atomic E-state index is 12.5. The highest BCUT2D eigenvalue weighted by Gasteiger charge is 2.36. The number of allylic oxidation sites excluding steroid dienone is 1. The van der Waals surface area contributed by atoms with Crippen LogP contribution in [0, 0.1) is 0 Å². The van der Waals surface area contributed by atoms with Gasteiger partial charge in [-0.3, -0.25) is 9.59 Å². The summed E-state index contributed by atoms with van der Waals surface area (Å²) in [6.07, 6.45) is 0. The molecular formula is C17H9NO3. The van der Waals surface area contributed by atoms with E-state index in [1.807, 2.05) is 0 Å². The zero-order chi connectivity index (χ0) is 14.6. The molecule has 4 rings (SSSR count). The van der Waals surface area contributed by atoms with Crippen LogP contribution in [0.1, 0.15) is 31.8 Å². The predicted molar refractivity (Wildman–Crippen MR) is 77.6 cm³/mol. The molecule has 1 N–H and O–H groups in total. The molecule has 2 aromatic carbocycles. The molecule has 4 nitrogen and oxygen atoms in total. The van der Waals surface area contributed by atoms with E-state index in [1.54, 1.807) is 48.5 Å². The summed E-state index contributed by atoms with van der Waals surface area (Å²) < 4.78 is 0. The number of hydrogen-bond acceptors (Lipinski definition) is 3. The van der Waals surface area contributed by atoms with Crippen molar-refractivity contribution >= 4 is 23.2 Å². The average molecular weight is 275 g/mol. The number of rotatable bonds is 1. The van der Waals surface area contributed by atoms with Crippen LogP contribution in [-0.4, -0.2) is 22.5 Å². The van der Waals surface area contributed by atoms with Crippen LogP contribution in [0.25, 0.3) is 5.76 Å². The number of carbonyl (C=O) groups is 2. The van der Waals surface area contributed by atoms with E-state index in [9.17, 15) is 14.7 Å². The fourth-order valence-corrected chi connectivity index (χ4v) is 2.77. The molecule has 0 saturated heterocycles. The van der Waals surface area contributed by atoms with Crippen molar-refractivity contribution in [3.05, 3.63) is 76.4 Å². The van der Waals surface area contributed by atoms with Gasteiger partial charge in [-0.1, -0.05) is 42.5 Å². The Hall–Kier alpha value is -3.01. The van der Waals surface area contributed by atoms with Crippen molar-refractivity contribution in [3.63, 3.8) is 0 Å². The van der Waals surface area contributed by atoms with Crippen molar-refractivity contribution in [3.8, 4) is 0 Å². The zero-order valence-corrected chi connectivity index (χ0v) is 10.8. The van der Waals surface area contributed by atoms with Crippen molar-refractivity contribution in [2.45, 2.75) is 0 Å². The first-order valence-corrected chi connectivity index (χ1v) is 6.48. The molecule has 2 aliphatic rings. The molecule has 0 unspecified atom stereocenters. The number of ketones is 1. The molecule has 0 aromatic heterocycles. The second-order valence-electron chi connectivity index (χ2n) is 4.91. The van der Waals surface area contributed by atoms with Crippen molar-refractivity contribution in [2.24, 2.45) is 4.99 Å².